The van der Waals surface area contributed by atoms with Crippen molar-refractivity contribution in [1.82, 2.24) is 0 Å². The van der Waals surface area contributed by atoms with Crippen molar-refractivity contribution >= 4 is 44.3 Å². The number of carbonyl (C=O) groups excluding carboxylic acids is 1. The van der Waals surface area contributed by atoms with Gasteiger partial charge in [0.15, 0.2) is 0 Å². The summed E-state index contributed by atoms with van der Waals surface area (Å²) in [6.45, 7) is 0. The molecule has 0 aromatic heterocycles. The van der Waals surface area contributed by atoms with Gasteiger partial charge in [-0.05, 0) is 6.42 Å². The van der Waals surface area contributed by atoms with Gasteiger partial charge in [-0.25, -0.2) is 0 Å². The Kier molecular flexibility index (Phi) is 2.31. The van der Waals surface area contributed by atoms with Crippen molar-refractivity contribution in [3.8, 4) is 0 Å². The van der Waals surface area contributed by atoms with Crippen LogP contribution < -0.4 is 0 Å². The molecule has 3 heteroatoms. The van der Waals surface area contributed by atoms with Crippen LogP contribution in [0.4, 0.5) is 0 Å². The number of halogens is 2. The monoisotopic (exact) mass is 288 g/mol. The summed E-state index contributed by atoms with van der Waals surface area (Å²) in [5.74, 6) is 0.749. The zero-order valence-electron chi connectivity index (χ0n) is 4.23. The molecular weight excluding hydrogens is 283 g/mol. The molecule has 1 fully saturated rings. The molecule has 0 aliphatic heterocycles. The summed E-state index contributed by atoms with van der Waals surface area (Å²) in [5.41, 5.74) is 0. The third kappa shape index (κ3) is 1.43. The molecule has 1 saturated carbocycles. The highest BCUT2D eigenvalue weighted by atomic mass is 127. The van der Waals surface area contributed by atoms with Gasteiger partial charge in [0.25, 0.3) is 0 Å². The lowest BCUT2D eigenvalue weighted by Gasteiger charge is -1.85. The van der Waals surface area contributed by atoms with E-state index in [1.807, 2.05) is 0 Å². The fraction of sp³-hybridized carbons (Fsp3) is 0.800. The molecule has 0 heterocycles. The van der Waals surface area contributed by atoms with Crippen molar-refractivity contribution in [2.45, 2.75) is 10.3 Å². The second-order valence-corrected chi connectivity index (χ2v) is 4.12. The predicted molar refractivity (Wildman–Crippen MR) is 44.7 cm³/mol. The van der Waals surface area contributed by atoms with Crippen molar-refractivity contribution in [3.05, 3.63) is 0 Å². The van der Waals surface area contributed by atoms with Gasteiger partial charge >= 0.3 is 0 Å². The second-order valence-electron chi connectivity index (χ2n) is 1.96. The summed E-state index contributed by atoms with van der Waals surface area (Å²) in [7, 11) is 0. The number of rotatable bonds is 2. The molecule has 2 atom stereocenters. The lowest BCUT2D eigenvalue weighted by Crippen LogP contribution is -2.02. The highest BCUT2D eigenvalue weighted by Crippen LogP contribution is 2.38. The van der Waals surface area contributed by atoms with E-state index in [9.17, 15) is 4.79 Å². The predicted octanol–water partition coefficient (Wildman–Crippen LogP) is 1.77. The zero-order valence-corrected chi connectivity index (χ0v) is 7.98. The van der Waals surface area contributed by atoms with Crippen LogP contribution in [0.3, 0.4) is 0 Å². The average molecular weight is 289 g/mol. The lowest BCUT2D eigenvalue weighted by molar-refractivity contribution is -0.117. The molecule has 0 radical (unpaired) electrons. The highest BCUT2D eigenvalue weighted by molar-refractivity contribution is 14.1. The Bertz CT molecular complexity index is 115. The Morgan fingerprint density at radius 1 is 1.88 bits per heavy atom. The molecule has 1 aliphatic rings. The van der Waals surface area contributed by atoms with Crippen molar-refractivity contribution < 1.29 is 4.79 Å². The fourth-order valence-corrected chi connectivity index (χ4v) is 1.96. The van der Waals surface area contributed by atoms with Crippen LogP contribution in [0.1, 0.15) is 6.42 Å². The first kappa shape index (κ1) is 6.99. The quantitative estimate of drug-likeness (QED) is 0.559. The highest BCUT2D eigenvalue weighted by Gasteiger charge is 2.39. The molecule has 8 heavy (non-hydrogen) atoms. The van der Waals surface area contributed by atoms with Crippen LogP contribution in [0.5, 0.6) is 0 Å². The average Bonchev–Trinajstić information content (AvgIpc) is 2.45. The third-order valence-electron chi connectivity index (χ3n) is 1.26. The minimum atomic E-state index is 0.365. The Labute approximate surface area is 70.5 Å². The minimum absolute atomic E-state index is 0.365. The summed E-state index contributed by atoms with van der Waals surface area (Å²) in [5, 5.41) is 0.539. The van der Waals surface area contributed by atoms with Crippen molar-refractivity contribution in [1.29, 1.82) is 0 Å². The van der Waals surface area contributed by atoms with Crippen LogP contribution >= 0.6 is 38.5 Å². The van der Waals surface area contributed by atoms with E-state index in [4.69, 9.17) is 0 Å². The van der Waals surface area contributed by atoms with E-state index in [0.29, 0.717) is 21.0 Å². The van der Waals surface area contributed by atoms with Crippen LogP contribution in [0, 0.1) is 5.92 Å². The molecule has 2 unspecified atom stereocenters. The molecule has 0 bridgehead atoms. The van der Waals surface area contributed by atoms with Gasteiger partial charge in [-0.15, -0.1) is 0 Å². The Hall–Kier alpha value is 0.880. The van der Waals surface area contributed by atoms with Crippen molar-refractivity contribution in [2.24, 2.45) is 5.92 Å². The van der Waals surface area contributed by atoms with Crippen LogP contribution in [0.15, 0.2) is 0 Å². The SMILES string of the molecule is O=C(CBr)C1CC1I. The van der Waals surface area contributed by atoms with E-state index in [0.717, 1.165) is 6.42 Å². The molecule has 0 spiro atoms. The van der Waals surface area contributed by atoms with Gasteiger partial charge in [0.05, 0.1) is 5.33 Å². The van der Waals surface area contributed by atoms with Crippen LogP contribution in [0.25, 0.3) is 0 Å². The number of alkyl halides is 2. The van der Waals surface area contributed by atoms with E-state index in [-0.39, 0.29) is 0 Å². The minimum Gasteiger partial charge on any atom is -0.298 e. The van der Waals surface area contributed by atoms with Gasteiger partial charge in [0.2, 0.25) is 0 Å². The standard InChI is InChI=1S/C5H6BrIO/c6-2-5(8)3-1-4(3)7/h3-4H,1-2H2. The third-order valence-corrected chi connectivity index (χ3v) is 3.19. The summed E-state index contributed by atoms with van der Waals surface area (Å²) in [4.78, 5) is 10.7. The molecule has 0 N–H and O–H groups in total. The first-order valence-electron chi connectivity index (χ1n) is 2.48. The van der Waals surface area contributed by atoms with E-state index in [1.54, 1.807) is 0 Å². The van der Waals surface area contributed by atoms with Gasteiger partial charge in [-0.2, -0.15) is 0 Å². The molecule has 0 amide bonds. The molecule has 1 rings (SSSR count). The zero-order chi connectivity index (χ0) is 6.15. The van der Waals surface area contributed by atoms with Gasteiger partial charge in [-0.3, -0.25) is 4.79 Å². The first-order valence-corrected chi connectivity index (χ1v) is 4.85. The number of Topliss-reactive ketones (excluding diaryl/α,β-unsaturated/α-hetero) is 1. The van der Waals surface area contributed by atoms with Gasteiger partial charge in [0, 0.05) is 9.84 Å². The first-order chi connectivity index (χ1) is 3.75. The van der Waals surface area contributed by atoms with Crippen LogP contribution in [-0.4, -0.2) is 15.0 Å². The van der Waals surface area contributed by atoms with Crippen molar-refractivity contribution in [2.75, 3.05) is 5.33 Å². The Balaban J connectivity index is 2.28. The Morgan fingerprint density at radius 3 is 2.50 bits per heavy atom. The van der Waals surface area contributed by atoms with E-state index in [2.05, 4.69) is 38.5 Å². The fourth-order valence-electron chi connectivity index (χ4n) is 0.596. The summed E-state index contributed by atoms with van der Waals surface area (Å²) >= 11 is 5.44. The smallest absolute Gasteiger partial charge is 0.147 e. The molecular formula is C5H6BrIO. The molecule has 0 aromatic rings. The summed E-state index contributed by atoms with van der Waals surface area (Å²) in [6.07, 6.45) is 1.10. The van der Waals surface area contributed by atoms with Gasteiger partial charge < -0.3 is 0 Å². The number of ketones is 1. The summed E-state index contributed by atoms with van der Waals surface area (Å²) in [6, 6.07) is 0. The molecule has 1 nitrogen and oxygen atoms in total. The number of hydrogen-bond acceptors (Lipinski definition) is 1. The Morgan fingerprint density at radius 2 is 2.38 bits per heavy atom. The lowest BCUT2D eigenvalue weighted by atomic mass is 10.3. The second kappa shape index (κ2) is 2.64. The van der Waals surface area contributed by atoms with E-state index >= 15 is 0 Å². The van der Waals surface area contributed by atoms with E-state index in [1.165, 1.54) is 0 Å². The van der Waals surface area contributed by atoms with Crippen LogP contribution in [-0.2, 0) is 4.79 Å². The number of hydrogen-bond donors (Lipinski definition) is 0. The number of carbonyl (C=O) groups is 1. The maximum atomic E-state index is 10.7. The summed E-state index contributed by atoms with van der Waals surface area (Å²) < 4.78 is 0.637. The van der Waals surface area contributed by atoms with Crippen LogP contribution in [0.2, 0.25) is 0 Å². The molecule has 0 aromatic carbocycles. The maximum Gasteiger partial charge on any atom is 0.147 e. The van der Waals surface area contributed by atoms with Gasteiger partial charge in [0.1, 0.15) is 5.78 Å². The topological polar surface area (TPSA) is 17.1 Å². The molecule has 1 aliphatic carbocycles. The van der Waals surface area contributed by atoms with Crippen molar-refractivity contribution in [3.63, 3.8) is 0 Å². The van der Waals surface area contributed by atoms with Gasteiger partial charge in [-0.1, -0.05) is 38.5 Å². The molecule has 46 valence electrons. The maximum absolute atomic E-state index is 10.7. The molecule has 0 saturated heterocycles. The van der Waals surface area contributed by atoms with E-state index < -0.39 is 0 Å². The largest absolute Gasteiger partial charge is 0.298 e. The normalized spacial score (nSPS) is 34.8.